The van der Waals surface area contributed by atoms with E-state index < -0.39 is 0 Å². The van der Waals surface area contributed by atoms with Crippen molar-refractivity contribution in [1.29, 1.82) is 0 Å². The van der Waals surface area contributed by atoms with Gasteiger partial charge >= 0.3 is 5.97 Å². The Morgan fingerprint density at radius 3 is 1.79 bits per heavy atom. The molecule has 0 saturated carbocycles. The fourth-order valence-corrected chi connectivity index (χ4v) is 3.01. The fourth-order valence-electron chi connectivity index (χ4n) is 3.01. The average Bonchev–Trinajstić information content (AvgIpc) is 2.55. The Morgan fingerprint density at radius 2 is 1.29 bits per heavy atom. The van der Waals surface area contributed by atoms with Gasteiger partial charge in [-0.05, 0) is 25.7 Å². The second-order valence-electron chi connectivity index (χ2n) is 7.64. The van der Waals surface area contributed by atoms with Gasteiger partial charge < -0.3 is 9.22 Å². The van der Waals surface area contributed by atoms with Crippen molar-refractivity contribution in [3.63, 3.8) is 0 Å². The van der Waals surface area contributed by atoms with E-state index in [9.17, 15) is 4.79 Å². The summed E-state index contributed by atoms with van der Waals surface area (Å²) < 4.78 is 6.08. The molecule has 0 radical (unpaired) electrons. The molecule has 0 unspecified atom stereocenters. The van der Waals surface area contributed by atoms with Crippen molar-refractivity contribution < 1.29 is 14.0 Å². The molecule has 0 aliphatic carbocycles. The maximum absolute atomic E-state index is 10.9. The van der Waals surface area contributed by atoms with Gasteiger partial charge in [0.25, 0.3) is 0 Å². The number of hydrogen-bond donors (Lipinski definition) is 0. The van der Waals surface area contributed by atoms with Crippen LogP contribution in [0.4, 0.5) is 0 Å². The van der Waals surface area contributed by atoms with Crippen LogP contribution in [0.1, 0.15) is 84.0 Å². The predicted molar refractivity (Wildman–Crippen MR) is 104 cm³/mol. The van der Waals surface area contributed by atoms with Crippen molar-refractivity contribution in [2.45, 2.75) is 84.0 Å². The molecule has 0 aliphatic rings. The van der Waals surface area contributed by atoms with Gasteiger partial charge in [-0.25, -0.2) is 4.79 Å². The topological polar surface area (TPSA) is 26.3 Å². The van der Waals surface area contributed by atoms with E-state index in [0.717, 1.165) is 23.9 Å². The number of quaternary nitrogens is 1. The molecule has 0 amide bonds. The van der Waals surface area contributed by atoms with Gasteiger partial charge in [0.05, 0.1) is 33.8 Å². The van der Waals surface area contributed by atoms with Crippen LogP contribution < -0.4 is 0 Å². The van der Waals surface area contributed by atoms with E-state index in [1.807, 2.05) is 0 Å². The number of ether oxygens (including phenoxy) is 1. The van der Waals surface area contributed by atoms with Crippen LogP contribution in [0.25, 0.3) is 0 Å². The number of esters is 1. The van der Waals surface area contributed by atoms with Crippen LogP contribution in [-0.4, -0.2) is 44.2 Å². The van der Waals surface area contributed by atoms with Gasteiger partial charge in [-0.1, -0.05) is 64.9 Å². The maximum Gasteiger partial charge on any atom is 0.330 e. The number of carbonyl (C=O) groups is 1. The first-order chi connectivity index (χ1) is 11.5. The smallest absolute Gasteiger partial charge is 0.330 e. The lowest BCUT2D eigenvalue weighted by Gasteiger charge is -2.30. The molecule has 0 N–H and O–H groups in total. The second-order valence-corrected chi connectivity index (χ2v) is 7.64. The van der Waals surface area contributed by atoms with E-state index in [0.29, 0.717) is 6.61 Å². The minimum atomic E-state index is -0.311. The summed E-state index contributed by atoms with van der Waals surface area (Å²) in [6, 6.07) is 0. The molecule has 3 nitrogen and oxygen atoms in total. The summed E-state index contributed by atoms with van der Waals surface area (Å²) in [5.74, 6) is -0.311. The third-order valence-corrected chi connectivity index (χ3v) is 4.69. The Balaban J connectivity index is 3.40. The first-order valence-electron chi connectivity index (χ1n) is 10.1. The summed E-state index contributed by atoms with van der Waals surface area (Å²) in [5.41, 5.74) is 0. The molecule has 0 aromatic rings. The van der Waals surface area contributed by atoms with Gasteiger partial charge in [-0.15, -0.1) is 0 Å². The summed E-state index contributed by atoms with van der Waals surface area (Å²) in [5, 5.41) is 0. The highest BCUT2D eigenvalue weighted by Gasteiger charge is 2.13. The van der Waals surface area contributed by atoms with E-state index in [4.69, 9.17) is 4.74 Å². The van der Waals surface area contributed by atoms with Crippen molar-refractivity contribution in [2.75, 3.05) is 33.8 Å². The van der Waals surface area contributed by atoms with E-state index in [1.54, 1.807) is 0 Å². The average molecular weight is 341 g/mol. The number of rotatable bonds is 17. The van der Waals surface area contributed by atoms with Crippen molar-refractivity contribution >= 4 is 5.97 Å². The highest BCUT2D eigenvalue weighted by molar-refractivity contribution is 5.81. The van der Waals surface area contributed by atoms with E-state index in [1.165, 1.54) is 76.8 Å². The van der Waals surface area contributed by atoms with Crippen LogP contribution in [0.15, 0.2) is 12.7 Å². The predicted octanol–water partition coefficient (Wildman–Crippen LogP) is 5.49. The Labute approximate surface area is 151 Å². The van der Waals surface area contributed by atoms with Crippen LogP contribution >= 0.6 is 0 Å². The summed E-state index contributed by atoms with van der Waals surface area (Å²) in [4.78, 5) is 10.9. The van der Waals surface area contributed by atoms with E-state index in [-0.39, 0.29) is 5.97 Å². The van der Waals surface area contributed by atoms with Crippen LogP contribution in [0.5, 0.6) is 0 Å². The normalized spacial score (nSPS) is 11.5. The van der Waals surface area contributed by atoms with Crippen LogP contribution in [0.3, 0.4) is 0 Å². The first-order valence-corrected chi connectivity index (χ1v) is 10.1. The van der Waals surface area contributed by atoms with Crippen LogP contribution in [0.2, 0.25) is 0 Å². The maximum atomic E-state index is 10.9. The Kier molecular flexibility index (Phi) is 15.1. The Bertz CT molecular complexity index is 313. The summed E-state index contributed by atoms with van der Waals surface area (Å²) >= 11 is 0. The molecule has 0 heterocycles. The SMILES string of the molecule is C=CC(=O)OCCCC[N+](C)(C)CCCCCCCCCCCC. The number of hydrogen-bond acceptors (Lipinski definition) is 2. The largest absolute Gasteiger partial charge is 0.463 e. The molecular weight excluding hydrogens is 298 g/mol. The molecule has 0 aliphatic heterocycles. The lowest BCUT2D eigenvalue weighted by molar-refractivity contribution is -0.890. The van der Waals surface area contributed by atoms with Crippen molar-refractivity contribution in [3.8, 4) is 0 Å². The summed E-state index contributed by atoms with van der Waals surface area (Å²) in [6.07, 6.45) is 17.2. The Morgan fingerprint density at radius 1 is 0.833 bits per heavy atom. The lowest BCUT2D eigenvalue weighted by atomic mass is 10.1. The van der Waals surface area contributed by atoms with Gasteiger partial charge in [0.1, 0.15) is 0 Å². The zero-order chi connectivity index (χ0) is 18.1. The molecule has 24 heavy (non-hydrogen) atoms. The zero-order valence-corrected chi connectivity index (χ0v) is 16.7. The van der Waals surface area contributed by atoms with Crippen molar-refractivity contribution in [1.82, 2.24) is 0 Å². The third kappa shape index (κ3) is 16.0. The van der Waals surface area contributed by atoms with E-state index in [2.05, 4.69) is 27.6 Å². The molecule has 0 aromatic heterocycles. The number of unbranched alkanes of at least 4 members (excludes halogenated alkanes) is 10. The minimum Gasteiger partial charge on any atom is -0.463 e. The standard InChI is InChI=1S/C21H42NO2/c1-5-7-8-9-10-11-12-13-14-15-18-22(3,4)19-16-17-20-24-21(23)6-2/h6H,2,5,7-20H2,1,3-4H3/q+1. The molecule has 3 heteroatoms. The summed E-state index contributed by atoms with van der Waals surface area (Å²) in [6.45, 7) is 8.60. The quantitative estimate of drug-likeness (QED) is 0.151. The molecule has 0 rings (SSSR count). The van der Waals surface area contributed by atoms with Gasteiger partial charge in [0.2, 0.25) is 0 Å². The molecule has 0 spiro atoms. The van der Waals surface area contributed by atoms with Gasteiger partial charge in [-0.3, -0.25) is 0 Å². The molecular formula is C21H42NO2+. The highest BCUT2D eigenvalue weighted by Crippen LogP contribution is 2.12. The van der Waals surface area contributed by atoms with Gasteiger partial charge in [0.15, 0.2) is 0 Å². The van der Waals surface area contributed by atoms with Crippen LogP contribution in [0, 0.1) is 0 Å². The third-order valence-electron chi connectivity index (χ3n) is 4.69. The Hall–Kier alpha value is -0.830. The van der Waals surface area contributed by atoms with Crippen molar-refractivity contribution in [2.24, 2.45) is 0 Å². The highest BCUT2D eigenvalue weighted by atomic mass is 16.5. The minimum absolute atomic E-state index is 0.311. The monoisotopic (exact) mass is 340 g/mol. The zero-order valence-electron chi connectivity index (χ0n) is 16.7. The van der Waals surface area contributed by atoms with Gasteiger partial charge in [-0.2, -0.15) is 0 Å². The molecule has 0 saturated heterocycles. The molecule has 0 bridgehead atoms. The van der Waals surface area contributed by atoms with E-state index >= 15 is 0 Å². The number of carbonyl (C=O) groups excluding carboxylic acids is 1. The fraction of sp³-hybridized carbons (Fsp3) is 0.857. The molecule has 0 aromatic carbocycles. The van der Waals surface area contributed by atoms with Crippen LogP contribution in [-0.2, 0) is 9.53 Å². The second kappa shape index (κ2) is 15.7. The van der Waals surface area contributed by atoms with Gasteiger partial charge in [0, 0.05) is 6.08 Å². The molecule has 142 valence electrons. The lowest BCUT2D eigenvalue weighted by Crippen LogP contribution is -2.41. The summed E-state index contributed by atoms with van der Waals surface area (Å²) in [7, 11) is 4.62. The molecule has 0 atom stereocenters. The molecule has 0 fully saturated rings. The van der Waals surface area contributed by atoms with Crippen molar-refractivity contribution in [3.05, 3.63) is 12.7 Å². The first kappa shape index (κ1) is 23.2. The number of nitrogens with zero attached hydrogens (tertiary/aromatic N) is 1.